The number of nitrogen functional groups attached to an aromatic ring is 1. The zero-order chi connectivity index (χ0) is 25.6. The first-order chi connectivity index (χ1) is 18.0. The Morgan fingerprint density at radius 3 is 2.57 bits per heavy atom. The standard InChI is InChI=1S/C29H28N6O2/c1-2-24(37)35-18-19-10-12-29(35,13-11-19)28-33-25(26-27(30)32-15-16-34(26)28)21-8-6-20(7-9-21)23(36)17-22-5-3-4-14-31-22/h2-9,14-16,19H,1,10-13,17-18H2,(H2,30,32). The second kappa shape index (κ2) is 8.96. The molecular formula is C29H28N6O2. The van der Waals surface area contributed by atoms with Crippen molar-refractivity contribution in [2.45, 2.75) is 37.6 Å². The fraction of sp³-hybridized carbons (Fsp3) is 0.276. The Bertz CT molecular complexity index is 1500. The number of hydrogen-bond donors (Lipinski definition) is 1. The van der Waals surface area contributed by atoms with Crippen molar-refractivity contribution >= 4 is 23.0 Å². The van der Waals surface area contributed by atoms with Crippen LogP contribution in [-0.4, -0.2) is 42.5 Å². The maximum atomic E-state index is 12.9. The SMILES string of the molecule is C=CC(=O)N1CC2CCC1(c1nc(-c3ccc(C(=O)Cc4ccccn4)cc3)c3c(N)nccn13)CC2. The van der Waals surface area contributed by atoms with E-state index >= 15 is 0 Å². The third-order valence-corrected chi connectivity index (χ3v) is 7.88. The number of rotatable bonds is 6. The Balaban J connectivity index is 1.42. The van der Waals surface area contributed by atoms with Gasteiger partial charge in [0.05, 0.1) is 6.42 Å². The van der Waals surface area contributed by atoms with Gasteiger partial charge in [-0.25, -0.2) is 9.97 Å². The average molecular weight is 493 g/mol. The van der Waals surface area contributed by atoms with Crippen LogP contribution in [0.15, 0.2) is 73.7 Å². The molecule has 0 radical (unpaired) electrons. The minimum Gasteiger partial charge on any atom is -0.382 e. The van der Waals surface area contributed by atoms with Gasteiger partial charge in [0, 0.05) is 42.0 Å². The summed E-state index contributed by atoms with van der Waals surface area (Å²) in [5, 5.41) is 0. The molecule has 2 aliphatic heterocycles. The number of anilines is 1. The molecule has 2 bridgehead atoms. The number of piperidine rings is 2. The van der Waals surface area contributed by atoms with E-state index < -0.39 is 5.54 Å². The number of carbonyl (C=O) groups excluding carboxylic acids is 2. The maximum Gasteiger partial charge on any atom is 0.246 e. The minimum absolute atomic E-state index is 0.00162. The van der Waals surface area contributed by atoms with E-state index in [1.54, 1.807) is 12.4 Å². The summed E-state index contributed by atoms with van der Waals surface area (Å²) in [5.74, 6) is 1.61. The van der Waals surface area contributed by atoms with Gasteiger partial charge in [0.25, 0.3) is 0 Å². The number of nitrogens with two attached hydrogens (primary N) is 1. The zero-order valence-electron chi connectivity index (χ0n) is 20.5. The summed E-state index contributed by atoms with van der Waals surface area (Å²) in [6.45, 7) is 4.45. The van der Waals surface area contributed by atoms with Crippen LogP contribution >= 0.6 is 0 Å². The van der Waals surface area contributed by atoms with Gasteiger partial charge in [0.2, 0.25) is 5.91 Å². The third-order valence-electron chi connectivity index (χ3n) is 7.88. The molecule has 2 saturated heterocycles. The summed E-state index contributed by atoms with van der Waals surface area (Å²) in [6, 6.07) is 13.0. The van der Waals surface area contributed by atoms with Crippen LogP contribution in [-0.2, 0) is 16.8 Å². The molecular weight excluding hydrogens is 464 g/mol. The molecule has 2 N–H and O–H groups in total. The van der Waals surface area contributed by atoms with Crippen molar-refractivity contribution in [1.29, 1.82) is 0 Å². The quantitative estimate of drug-likeness (QED) is 0.319. The predicted octanol–water partition coefficient (Wildman–Crippen LogP) is 4.21. The van der Waals surface area contributed by atoms with Gasteiger partial charge in [-0.1, -0.05) is 36.9 Å². The van der Waals surface area contributed by atoms with Crippen molar-refractivity contribution < 1.29 is 9.59 Å². The Hall–Kier alpha value is -4.33. The van der Waals surface area contributed by atoms with Crippen LogP contribution in [0.1, 0.15) is 47.6 Å². The molecule has 1 saturated carbocycles. The van der Waals surface area contributed by atoms with Crippen molar-refractivity contribution in [1.82, 2.24) is 24.3 Å². The maximum absolute atomic E-state index is 12.9. The number of pyridine rings is 1. The van der Waals surface area contributed by atoms with Crippen LogP contribution < -0.4 is 5.73 Å². The fourth-order valence-corrected chi connectivity index (χ4v) is 5.97. The number of ketones is 1. The number of Topliss-reactive ketones (excluding diaryl/α,β-unsaturated/α-hetero) is 1. The second-order valence-electron chi connectivity index (χ2n) is 9.94. The van der Waals surface area contributed by atoms with Gasteiger partial charge >= 0.3 is 0 Å². The van der Waals surface area contributed by atoms with Crippen LogP contribution in [0.3, 0.4) is 0 Å². The summed E-state index contributed by atoms with van der Waals surface area (Å²) < 4.78 is 1.99. The highest BCUT2D eigenvalue weighted by atomic mass is 16.2. The first-order valence-electron chi connectivity index (χ1n) is 12.6. The molecule has 186 valence electrons. The molecule has 3 aromatic heterocycles. The van der Waals surface area contributed by atoms with E-state index in [1.807, 2.05) is 58.0 Å². The van der Waals surface area contributed by atoms with Gasteiger partial charge in [-0.05, 0) is 49.8 Å². The Morgan fingerprint density at radius 2 is 1.86 bits per heavy atom. The molecule has 7 rings (SSSR count). The Labute approximate surface area is 214 Å². The lowest BCUT2D eigenvalue weighted by Gasteiger charge is -2.53. The highest BCUT2D eigenvalue weighted by Crippen LogP contribution is 2.50. The molecule has 0 unspecified atom stereocenters. The van der Waals surface area contributed by atoms with E-state index in [9.17, 15) is 9.59 Å². The van der Waals surface area contributed by atoms with Crippen molar-refractivity contribution in [3.8, 4) is 11.3 Å². The lowest BCUT2D eigenvalue weighted by molar-refractivity contribution is -0.143. The van der Waals surface area contributed by atoms with E-state index in [2.05, 4.69) is 16.5 Å². The molecule has 4 aromatic rings. The van der Waals surface area contributed by atoms with Crippen molar-refractivity contribution in [2.24, 2.45) is 5.92 Å². The number of benzene rings is 1. The van der Waals surface area contributed by atoms with Gasteiger partial charge in [-0.15, -0.1) is 0 Å². The summed E-state index contributed by atoms with van der Waals surface area (Å²) in [5.41, 5.74) is 9.44. The predicted molar refractivity (Wildman–Crippen MR) is 141 cm³/mol. The third kappa shape index (κ3) is 3.80. The zero-order valence-corrected chi connectivity index (χ0v) is 20.5. The normalized spacial score (nSPS) is 20.8. The summed E-state index contributed by atoms with van der Waals surface area (Å²) in [4.78, 5) is 41.4. The molecule has 5 heterocycles. The van der Waals surface area contributed by atoms with Crippen LogP contribution in [0, 0.1) is 5.92 Å². The smallest absolute Gasteiger partial charge is 0.246 e. The molecule has 3 aliphatic rings. The largest absolute Gasteiger partial charge is 0.382 e. The molecule has 0 atom stereocenters. The average Bonchev–Trinajstić information content (AvgIpc) is 3.35. The summed E-state index contributed by atoms with van der Waals surface area (Å²) in [6.07, 6.45) is 10.7. The number of nitrogens with zero attached hydrogens (tertiary/aromatic N) is 5. The second-order valence-corrected chi connectivity index (χ2v) is 9.94. The number of aromatic nitrogens is 4. The van der Waals surface area contributed by atoms with E-state index in [4.69, 9.17) is 10.7 Å². The fourth-order valence-electron chi connectivity index (χ4n) is 5.97. The van der Waals surface area contributed by atoms with E-state index in [0.717, 1.165) is 42.8 Å². The minimum atomic E-state index is -0.520. The van der Waals surface area contributed by atoms with Gasteiger partial charge in [0.1, 0.15) is 28.4 Å². The molecule has 37 heavy (non-hydrogen) atoms. The molecule has 8 heteroatoms. The number of hydrogen-bond acceptors (Lipinski definition) is 6. The molecule has 1 aliphatic carbocycles. The summed E-state index contributed by atoms with van der Waals surface area (Å²) in [7, 11) is 0. The molecule has 1 aromatic carbocycles. The topological polar surface area (TPSA) is 106 Å². The van der Waals surface area contributed by atoms with E-state index in [0.29, 0.717) is 35.1 Å². The first kappa shape index (κ1) is 23.1. The van der Waals surface area contributed by atoms with Crippen LogP contribution in [0.25, 0.3) is 16.8 Å². The van der Waals surface area contributed by atoms with Crippen molar-refractivity contribution in [3.05, 3.63) is 90.8 Å². The van der Waals surface area contributed by atoms with Crippen molar-refractivity contribution in [3.63, 3.8) is 0 Å². The molecule has 8 nitrogen and oxygen atoms in total. The van der Waals surface area contributed by atoms with Gasteiger partial charge < -0.3 is 10.6 Å². The highest BCUT2D eigenvalue weighted by molar-refractivity contribution is 5.98. The molecule has 3 fully saturated rings. The number of fused-ring (bicyclic) bond motifs is 4. The first-order valence-corrected chi connectivity index (χ1v) is 12.6. The highest BCUT2D eigenvalue weighted by Gasteiger charge is 2.51. The van der Waals surface area contributed by atoms with Crippen LogP contribution in [0.5, 0.6) is 0 Å². The Kier molecular flexibility index (Phi) is 5.59. The molecule has 0 spiro atoms. The molecule has 1 amide bonds. The monoisotopic (exact) mass is 492 g/mol. The van der Waals surface area contributed by atoms with E-state index in [1.165, 1.54) is 6.08 Å². The van der Waals surface area contributed by atoms with Crippen LogP contribution in [0.4, 0.5) is 5.82 Å². The van der Waals surface area contributed by atoms with Gasteiger partial charge in [-0.3, -0.25) is 19.0 Å². The number of imidazole rings is 1. The van der Waals surface area contributed by atoms with Gasteiger partial charge in [-0.2, -0.15) is 0 Å². The summed E-state index contributed by atoms with van der Waals surface area (Å²) >= 11 is 0. The number of amides is 1. The van der Waals surface area contributed by atoms with E-state index in [-0.39, 0.29) is 18.1 Å². The van der Waals surface area contributed by atoms with Gasteiger partial charge in [0.15, 0.2) is 5.78 Å². The lowest BCUT2D eigenvalue weighted by Crippen LogP contribution is -2.58. The Morgan fingerprint density at radius 1 is 1.08 bits per heavy atom. The van der Waals surface area contributed by atoms with Crippen molar-refractivity contribution in [2.75, 3.05) is 12.3 Å². The lowest BCUT2D eigenvalue weighted by atomic mass is 9.69. The number of carbonyl (C=O) groups is 2. The van der Waals surface area contributed by atoms with Crippen LogP contribution in [0.2, 0.25) is 0 Å².